The van der Waals surface area contributed by atoms with Crippen LogP contribution in [0.3, 0.4) is 0 Å². The van der Waals surface area contributed by atoms with Crippen LogP contribution in [0.1, 0.15) is 43.5 Å². The molecule has 26 heavy (non-hydrogen) atoms. The Morgan fingerprint density at radius 1 is 1.19 bits per heavy atom. The number of ketones is 1. The Bertz CT molecular complexity index is 803. The summed E-state index contributed by atoms with van der Waals surface area (Å²) in [5.74, 6) is -1.99. The second kappa shape index (κ2) is 7.96. The van der Waals surface area contributed by atoms with Gasteiger partial charge in [0.25, 0.3) is 0 Å². The number of nitrogens with one attached hydrogen (secondary N) is 1. The van der Waals surface area contributed by atoms with E-state index in [1.54, 1.807) is 0 Å². The fraction of sp³-hybridized carbons (Fsp3) is 0.471. The first-order valence-electron chi connectivity index (χ1n) is 8.30. The lowest BCUT2D eigenvalue weighted by Crippen LogP contribution is -2.54. The third-order valence-corrected chi connectivity index (χ3v) is 6.28. The van der Waals surface area contributed by atoms with Gasteiger partial charge in [0.05, 0.1) is 4.90 Å². The van der Waals surface area contributed by atoms with Gasteiger partial charge in [-0.2, -0.15) is 4.31 Å². The van der Waals surface area contributed by atoms with Crippen molar-refractivity contribution in [2.24, 2.45) is 0 Å². The number of hydrogen-bond donors (Lipinski definition) is 2. The zero-order chi connectivity index (χ0) is 19.5. The molecule has 0 aliphatic carbocycles. The number of hydrogen-bond acceptors (Lipinski definition) is 5. The van der Waals surface area contributed by atoms with Crippen LogP contribution in [0.15, 0.2) is 29.2 Å². The van der Waals surface area contributed by atoms with Crippen LogP contribution in [0.4, 0.5) is 0 Å². The van der Waals surface area contributed by atoms with E-state index >= 15 is 0 Å². The number of sulfonamides is 1. The Balaban J connectivity index is 2.28. The molecule has 2 rings (SSSR count). The van der Waals surface area contributed by atoms with E-state index in [1.807, 2.05) is 0 Å². The molecule has 1 aromatic rings. The average Bonchev–Trinajstić information content (AvgIpc) is 2.61. The molecular weight excluding hydrogens is 360 g/mol. The van der Waals surface area contributed by atoms with Gasteiger partial charge in [0.1, 0.15) is 12.1 Å². The number of piperidine rings is 1. The number of carbonyl (C=O) groups excluding carboxylic acids is 2. The number of rotatable bonds is 6. The maximum Gasteiger partial charge on any atom is 0.325 e. The van der Waals surface area contributed by atoms with Crippen LogP contribution in [-0.4, -0.2) is 54.1 Å². The van der Waals surface area contributed by atoms with Crippen LogP contribution < -0.4 is 5.32 Å². The molecule has 0 aromatic heterocycles. The van der Waals surface area contributed by atoms with Crippen LogP contribution in [0, 0.1) is 0 Å². The predicted octanol–water partition coefficient (Wildman–Crippen LogP) is 1.02. The summed E-state index contributed by atoms with van der Waals surface area (Å²) < 4.78 is 27.0. The van der Waals surface area contributed by atoms with Crippen molar-refractivity contribution in [3.63, 3.8) is 0 Å². The molecule has 1 fully saturated rings. The highest BCUT2D eigenvalue weighted by Crippen LogP contribution is 2.26. The van der Waals surface area contributed by atoms with Crippen LogP contribution >= 0.6 is 0 Å². The highest BCUT2D eigenvalue weighted by molar-refractivity contribution is 7.89. The van der Waals surface area contributed by atoms with Crippen molar-refractivity contribution in [1.82, 2.24) is 9.62 Å². The highest BCUT2D eigenvalue weighted by Gasteiger charge is 2.38. The van der Waals surface area contributed by atoms with Crippen molar-refractivity contribution in [1.29, 1.82) is 0 Å². The van der Waals surface area contributed by atoms with Gasteiger partial charge in [-0.25, -0.2) is 8.42 Å². The second-order valence-electron chi connectivity index (χ2n) is 6.28. The molecule has 8 nitrogen and oxygen atoms in total. The minimum Gasteiger partial charge on any atom is -0.480 e. The molecule has 1 unspecified atom stereocenters. The van der Waals surface area contributed by atoms with Gasteiger partial charge in [-0.3, -0.25) is 14.4 Å². The first kappa shape index (κ1) is 20.1. The molecule has 0 saturated carbocycles. The topological polar surface area (TPSA) is 121 Å². The molecule has 9 heteroatoms. The smallest absolute Gasteiger partial charge is 0.325 e. The van der Waals surface area contributed by atoms with Crippen molar-refractivity contribution in [3.05, 3.63) is 29.8 Å². The van der Waals surface area contributed by atoms with Crippen LogP contribution in [0.2, 0.25) is 0 Å². The van der Waals surface area contributed by atoms with Crippen molar-refractivity contribution < 1.29 is 27.9 Å². The van der Waals surface area contributed by atoms with E-state index in [1.165, 1.54) is 38.1 Å². The van der Waals surface area contributed by atoms with Crippen LogP contribution in [-0.2, 0) is 19.6 Å². The van der Waals surface area contributed by atoms with Gasteiger partial charge >= 0.3 is 5.97 Å². The summed E-state index contributed by atoms with van der Waals surface area (Å²) in [7, 11) is -3.94. The Labute approximate surface area is 152 Å². The molecule has 1 aromatic carbocycles. The van der Waals surface area contributed by atoms with Gasteiger partial charge in [-0.15, -0.1) is 0 Å². The molecule has 1 amide bonds. The number of carboxylic acid groups (broad SMARTS) is 1. The number of carbonyl (C=O) groups is 3. The molecule has 1 aliphatic heterocycles. The number of benzene rings is 1. The summed E-state index contributed by atoms with van der Waals surface area (Å²) in [4.78, 5) is 34.7. The fourth-order valence-corrected chi connectivity index (χ4v) is 4.48. The predicted molar refractivity (Wildman–Crippen MR) is 93.2 cm³/mol. The van der Waals surface area contributed by atoms with Gasteiger partial charge in [-0.1, -0.05) is 18.6 Å². The lowest BCUT2D eigenvalue weighted by atomic mass is 10.0. The number of nitrogens with zero attached hydrogens (tertiary/aromatic N) is 1. The van der Waals surface area contributed by atoms with Crippen molar-refractivity contribution >= 4 is 27.7 Å². The van der Waals surface area contributed by atoms with Crippen molar-refractivity contribution in [2.45, 2.75) is 50.1 Å². The quantitative estimate of drug-likeness (QED) is 0.709. The van der Waals surface area contributed by atoms with Gasteiger partial charge in [-0.05, 0) is 38.8 Å². The van der Waals surface area contributed by atoms with Gasteiger partial charge in [0.2, 0.25) is 15.9 Å². The highest BCUT2D eigenvalue weighted by atomic mass is 32.2. The molecule has 1 aliphatic rings. The van der Waals surface area contributed by atoms with Crippen LogP contribution in [0.25, 0.3) is 0 Å². The third kappa shape index (κ3) is 4.28. The third-order valence-electron chi connectivity index (χ3n) is 4.35. The Morgan fingerprint density at radius 3 is 2.35 bits per heavy atom. The summed E-state index contributed by atoms with van der Waals surface area (Å²) in [5, 5.41) is 11.3. The number of amides is 1. The zero-order valence-electron chi connectivity index (χ0n) is 14.6. The molecule has 0 spiro atoms. The molecule has 2 N–H and O–H groups in total. The van der Waals surface area contributed by atoms with E-state index in [9.17, 15) is 22.8 Å². The lowest BCUT2D eigenvalue weighted by molar-refractivity contribution is -0.142. The van der Waals surface area contributed by atoms with E-state index in [2.05, 4.69) is 5.32 Å². The summed E-state index contributed by atoms with van der Waals surface area (Å²) >= 11 is 0. The molecule has 0 radical (unpaired) electrons. The van der Waals surface area contributed by atoms with Crippen LogP contribution in [0.5, 0.6) is 0 Å². The Kier molecular flexibility index (Phi) is 6.14. The van der Waals surface area contributed by atoms with E-state index in [4.69, 9.17) is 5.11 Å². The monoisotopic (exact) mass is 382 g/mol. The normalized spacial score (nSPS) is 19.5. The van der Waals surface area contributed by atoms with Gasteiger partial charge in [0, 0.05) is 12.1 Å². The van der Waals surface area contributed by atoms with Crippen molar-refractivity contribution in [2.75, 3.05) is 6.54 Å². The fourth-order valence-electron chi connectivity index (χ4n) is 2.82. The summed E-state index contributed by atoms with van der Waals surface area (Å²) in [6.07, 6.45) is 1.61. The SMILES string of the molecule is CC(=O)c1ccc(S(=O)(=O)N2CCCCC2C(=O)N[C@H](C)C(=O)O)cc1. The van der Waals surface area contributed by atoms with E-state index in [0.29, 0.717) is 24.8 Å². The van der Waals surface area contributed by atoms with E-state index < -0.39 is 34.0 Å². The summed E-state index contributed by atoms with van der Waals surface area (Å²) in [6, 6.07) is 3.49. The summed E-state index contributed by atoms with van der Waals surface area (Å²) in [5.41, 5.74) is 0.396. The standard InChI is InChI=1S/C17H22N2O6S/c1-11(17(22)23)18-16(21)15-5-3-4-10-19(15)26(24,25)14-8-6-13(7-9-14)12(2)20/h6-9,11,15H,3-5,10H2,1-2H3,(H,18,21)(H,22,23)/t11-,15?/m1/s1. The zero-order valence-corrected chi connectivity index (χ0v) is 15.5. The molecule has 0 bridgehead atoms. The van der Waals surface area contributed by atoms with Gasteiger partial charge < -0.3 is 10.4 Å². The minimum absolute atomic E-state index is 0.00603. The molecule has 2 atom stereocenters. The second-order valence-corrected chi connectivity index (χ2v) is 8.17. The van der Waals surface area contributed by atoms with Gasteiger partial charge in [0.15, 0.2) is 5.78 Å². The largest absolute Gasteiger partial charge is 0.480 e. The maximum absolute atomic E-state index is 12.9. The molecular formula is C17H22N2O6S. The molecule has 142 valence electrons. The maximum atomic E-state index is 12.9. The Hall–Kier alpha value is -2.26. The first-order valence-corrected chi connectivity index (χ1v) is 9.74. The lowest BCUT2D eigenvalue weighted by Gasteiger charge is -2.34. The van der Waals surface area contributed by atoms with E-state index in [0.717, 1.165) is 4.31 Å². The first-order chi connectivity index (χ1) is 12.1. The molecule has 1 saturated heterocycles. The number of Topliss-reactive ketones (excluding diaryl/α,β-unsaturated/α-hetero) is 1. The average molecular weight is 382 g/mol. The number of aliphatic carboxylic acids is 1. The van der Waals surface area contributed by atoms with E-state index in [-0.39, 0.29) is 17.2 Å². The molecule has 1 heterocycles. The number of carboxylic acids is 1. The minimum atomic E-state index is -3.94. The Morgan fingerprint density at radius 2 is 1.81 bits per heavy atom. The summed E-state index contributed by atoms with van der Waals surface area (Å²) in [6.45, 7) is 2.89. The van der Waals surface area contributed by atoms with Crippen molar-refractivity contribution in [3.8, 4) is 0 Å².